The zero-order chi connectivity index (χ0) is 14.7. The quantitative estimate of drug-likeness (QED) is 0.731. The highest BCUT2D eigenvalue weighted by atomic mass is 32.1. The Balaban J connectivity index is 1.64. The highest BCUT2D eigenvalue weighted by molar-refractivity contribution is 7.08. The monoisotopic (exact) mass is 307 g/mol. The van der Waals surface area contributed by atoms with E-state index in [9.17, 15) is 4.79 Å². The molecule has 0 spiro atoms. The summed E-state index contributed by atoms with van der Waals surface area (Å²) in [5.74, 6) is 0.924. The lowest BCUT2D eigenvalue weighted by Crippen LogP contribution is -2.32. The van der Waals surface area contributed by atoms with Crippen molar-refractivity contribution < 1.29 is 14.1 Å². The molecule has 0 aliphatic heterocycles. The van der Waals surface area contributed by atoms with Gasteiger partial charge in [-0.3, -0.25) is 9.69 Å². The fourth-order valence-corrected chi connectivity index (χ4v) is 2.76. The first-order chi connectivity index (χ1) is 10.3. The number of nitrogens with zero attached hydrogens (tertiary/aromatic N) is 3. The van der Waals surface area contributed by atoms with E-state index in [1.165, 1.54) is 0 Å². The number of carbonyl (C=O) groups excluding carboxylic acids is 1. The number of carbonyl (C=O) groups is 1. The van der Waals surface area contributed by atoms with Crippen LogP contribution in [0.25, 0.3) is 11.4 Å². The highest BCUT2D eigenvalue weighted by Crippen LogP contribution is 2.28. The SMILES string of the molecule is CCOC(=O)CN(Cc1nc(-c2ccsc2)no1)C1CC1. The van der Waals surface area contributed by atoms with Crippen LogP contribution in [0.3, 0.4) is 0 Å². The van der Waals surface area contributed by atoms with Gasteiger partial charge in [-0.05, 0) is 31.2 Å². The zero-order valence-electron chi connectivity index (χ0n) is 11.8. The van der Waals surface area contributed by atoms with Crippen LogP contribution >= 0.6 is 11.3 Å². The third-order valence-corrected chi connectivity index (χ3v) is 3.97. The molecule has 0 atom stereocenters. The Kier molecular flexibility index (Phi) is 4.31. The molecule has 0 amide bonds. The molecule has 0 saturated heterocycles. The average molecular weight is 307 g/mol. The van der Waals surface area contributed by atoms with Gasteiger partial charge >= 0.3 is 5.97 Å². The third-order valence-electron chi connectivity index (χ3n) is 3.29. The van der Waals surface area contributed by atoms with Crippen molar-refractivity contribution in [1.82, 2.24) is 15.0 Å². The Morgan fingerprint density at radius 3 is 3.10 bits per heavy atom. The van der Waals surface area contributed by atoms with E-state index in [1.54, 1.807) is 11.3 Å². The molecule has 3 rings (SSSR count). The van der Waals surface area contributed by atoms with Crippen molar-refractivity contribution in [2.75, 3.05) is 13.2 Å². The molecule has 0 radical (unpaired) electrons. The lowest BCUT2D eigenvalue weighted by Gasteiger charge is -2.18. The van der Waals surface area contributed by atoms with Crippen LogP contribution < -0.4 is 0 Å². The van der Waals surface area contributed by atoms with Crippen molar-refractivity contribution in [3.05, 3.63) is 22.7 Å². The van der Waals surface area contributed by atoms with Gasteiger partial charge in [0, 0.05) is 17.0 Å². The van der Waals surface area contributed by atoms with Gasteiger partial charge in [-0.25, -0.2) is 0 Å². The van der Waals surface area contributed by atoms with Gasteiger partial charge in [-0.15, -0.1) is 0 Å². The van der Waals surface area contributed by atoms with Gasteiger partial charge in [0.05, 0.1) is 19.7 Å². The normalized spacial score (nSPS) is 14.6. The summed E-state index contributed by atoms with van der Waals surface area (Å²) in [6, 6.07) is 2.38. The smallest absolute Gasteiger partial charge is 0.320 e. The van der Waals surface area contributed by atoms with Crippen molar-refractivity contribution in [1.29, 1.82) is 0 Å². The van der Waals surface area contributed by atoms with E-state index >= 15 is 0 Å². The minimum atomic E-state index is -0.207. The number of thiophene rings is 1. The lowest BCUT2D eigenvalue weighted by molar-refractivity contribution is -0.144. The van der Waals surface area contributed by atoms with E-state index in [0.29, 0.717) is 30.9 Å². The van der Waals surface area contributed by atoms with Gasteiger partial charge in [0.25, 0.3) is 0 Å². The first kappa shape index (κ1) is 14.2. The summed E-state index contributed by atoms with van der Waals surface area (Å²) in [7, 11) is 0. The molecule has 0 bridgehead atoms. The number of hydrogen-bond donors (Lipinski definition) is 0. The number of rotatable bonds is 7. The largest absolute Gasteiger partial charge is 0.465 e. The second-order valence-electron chi connectivity index (χ2n) is 4.96. The summed E-state index contributed by atoms with van der Waals surface area (Å²) < 4.78 is 10.3. The molecular formula is C14H17N3O3S. The summed E-state index contributed by atoms with van der Waals surface area (Å²) in [4.78, 5) is 18.1. The number of hydrogen-bond acceptors (Lipinski definition) is 7. The minimum Gasteiger partial charge on any atom is -0.465 e. The maximum absolute atomic E-state index is 11.6. The molecular weight excluding hydrogens is 290 g/mol. The molecule has 7 heteroatoms. The van der Waals surface area contributed by atoms with Crippen molar-refractivity contribution in [3.8, 4) is 11.4 Å². The van der Waals surface area contributed by atoms with E-state index < -0.39 is 0 Å². The van der Waals surface area contributed by atoms with Gasteiger partial charge in [0.1, 0.15) is 0 Å². The maximum Gasteiger partial charge on any atom is 0.320 e. The summed E-state index contributed by atoms with van der Waals surface area (Å²) in [5, 5.41) is 7.94. The third kappa shape index (κ3) is 3.68. The Hall–Kier alpha value is -1.73. The first-order valence-corrected chi connectivity index (χ1v) is 7.95. The Labute approximate surface area is 126 Å². The summed E-state index contributed by atoms with van der Waals surface area (Å²) in [6.07, 6.45) is 2.20. The van der Waals surface area contributed by atoms with E-state index in [1.807, 2.05) is 28.7 Å². The fourth-order valence-electron chi connectivity index (χ4n) is 2.13. The van der Waals surface area contributed by atoms with Gasteiger partial charge in [0.15, 0.2) is 0 Å². The Morgan fingerprint density at radius 2 is 2.43 bits per heavy atom. The van der Waals surface area contributed by atoms with Crippen molar-refractivity contribution >= 4 is 17.3 Å². The van der Waals surface area contributed by atoms with Crippen LogP contribution in [0.15, 0.2) is 21.3 Å². The summed E-state index contributed by atoms with van der Waals surface area (Å²) in [6.45, 7) is 2.97. The Bertz CT molecular complexity index is 592. The second-order valence-corrected chi connectivity index (χ2v) is 5.74. The fraction of sp³-hybridized carbons (Fsp3) is 0.500. The van der Waals surface area contributed by atoms with Crippen LogP contribution in [0.5, 0.6) is 0 Å². The molecule has 2 aromatic heterocycles. The minimum absolute atomic E-state index is 0.207. The predicted octanol–water partition coefficient (Wildman–Crippen LogP) is 2.33. The molecule has 0 aromatic carbocycles. The molecule has 2 heterocycles. The molecule has 21 heavy (non-hydrogen) atoms. The van der Waals surface area contributed by atoms with Gasteiger partial charge < -0.3 is 9.26 Å². The molecule has 0 N–H and O–H groups in total. The highest BCUT2D eigenvalue weighted by Gasteiger charge is 2.32. The van der Waals surface area contributed by atoms with E-state index in [0.717, 1.165) is 18.4 Å². The number of esters is 1. The van der Waals surface area contributed by atoms with Crippen LogP contribution in [0.2, 0.25) is 0 Å². The van der Waals surface area contributed by atoms with E-state index in [-0.39, 0.29) is 12.5 Å². The molecule has 1 aliphatic carbocycles. The van der Waals surface area contributed by atoms with Crippen LogP contribution in [-0.4, -0.2) is 40.2 Å². The topological polar surface area (TPSA) is 68.5 Å². The van der Waals surface area contributed by atoms with Crippen molar-refractivity contribution in [2.45, 2.75) is 32.4 Å². The molecule has 1 fully saturated rings. The number of aromatic nitrogens is 2. The summed E-state index contributed by atoms with van der Waals surface area (Å²) in [5.41, 5.74) is 0.957. The van der Waals surface area contributed by atoms with Crippen LogP contribution in [0.4, 0.5) is 0 Å². The van der Waals surface area contributed by atoms with Gasteiger partial charge in [0.2, 0.25) is 11.7 Å². The molecule has 0 unspecified atom stereocenters. The van der Waals surface area contributed by atoms with Crippen molar-refractivity contribution in [3.63, 3.8) is 0 Å². The average Bonchev–Trinajstić information content (AvgIpc) is 2.98. The van der Waals surface area contributed by atoms with Crippen LogP contribution in [0.1, 0.15) is 25.7 Å². The second kappa shape index (κ2) is 6.36. The predicted molar refractivity (Wildman–Crippen MR) is 77.7 cm³/mol. The van der Waals surface area contributed by atoms with Gasteiger partial charge in [-0.1, -0.05) is 5.16 Å². The lowest BCUT2D eigenvalue weighted by atomic mass is 10.3. The molecule has 1 aliphatic rings. The summed E-state index contributed by atoms with van der Waals surface area (Å²) >= 11 is 1.59. The molecule has 1 saturated carbocycles. The number of ether oxygens (including phenoxy) is 1. The Morgan fingerprint density at radius 1 is 1.57 bits per heavy atom. The van der Waals surface area contributed by atoms with Crippen LogP contribution in [0, 0.1) is 0 Å². The zero-order valence-corrected chi connectivity index (χ0v) is 12.6. The molecule has 2 aromatic rings. The van der Waals surface area contributed by atoms with Crippen molar-refractivity contribution in [2.24, 2.45) is 0 Å². The van der Waals surface area contributed by atoms with E-state index in [2.05, 4.69) is 10.1 Å². The molecule has 6 nitrogen and oxygen atoms in total. The van der Waals surface area contributed by atoms with E-state index in [4.69, 9.17) is 9.26 Å². The molecule has 112 valence electrons. The van der Waals surface area contributed by atoms with Gasteiger partial charge in [-0.2, -0.15) is 16.3 Å². The standard InChI is InChI=1S/C14H17N3O3S/c1-2-19-13(18)8-17(11-3-4-11)7-12-15-14(16-20-12)10-5-6-21-9-10/h5-6,9,11H,2-4,7-8H2,1H3. The first-order valence-electron chi connectivity index (χ1n) is 7.01. The van der Waals surface area contributed by atoms with Crippen LogP contribution in [-0.2, 0) is 16.1 Å². The maximum atomic E-state index is 11.6.